The van der Waals surface area contributed by atoms with Gasteiger partial charge in [0.25, 0.3) is 0 Å². The first-order valence-electron chi connectivity index (χ1n) is 6.88. The Balaban J connectivity index is 2.40. The van der Waals surface area contributed by atoms with Gasteiger partial charge < -0.3 is 5.11 Å². The molecule has 0 bridgehead atoms. The molecule has 0 aliphatic carbocycles. The van der Waals surface area contributed by atoms with E-state index in [-0.39, 0.29) is 23.0 Å². The van der Waals surface area contributed by atoms with Gasteiger partial charge in [0.05, 0.1) is 17.2 Å². The Bertz CT molecular complexity index is 739. The molecule has 0 amide bonds. The molecule has 0 radical (unpaired) electrons. The van der Waals surface area contributed by atoms with Gasteiger partial charge in [0, 0.05) is 18.8 Å². The lowest BCUT2D eigenvalue weighted by molar-refractivity contribution is -0.143. The minimum absolute atomic E-state index is 0.0609. The van der Waals surface area contributed by atoms with E-state index < -0.39 is 21.9 Å². The lowest BCUT2D eigenvalue weighted by atomic mass is 9.96. The molecule has 1 aromatic rings. The number of nitriles is 1. The Kier molecular flexibility index (Phi) is 4.49. The van der Waals surface area contributed by atoms with E-state index in [1.807, 2.05) is 6.07 Å². The van der Waals surface area contributed by atoms with Gasteiger partial charge in [-0.3, -0.25) is 9.78 Å². The van der Waals surface area contributed by atoms with Crippen molar-refractivity contribution < 1.29 is 18.3 Å². The van der Waals surface area contributed by atoms with Crippen LogP contribution >= 0.6 is 0 Å². The second-order valence-electron chi connectivity index (χ2n) is 5.45. The lowest BCUT2D eigenvalue weighted by Crippen LogP contribution is -2.47. The number of carboxylic acids is 1. The van der Waals surface area contributed by atoms with Crippen LogP contribution in [0.2, 0.25) is 0 Å². The highest BCUT2D eigenvalue weighted by molar-refractivity contribution is 7.89. The molecule has 1 N–H and O–H groups in total. The minimum atomic E-state index is -3.87. The first kappa shape index (κ1) is 16.4. The molecule has 0 saturated carbocycles. The molecular weight excluding hydrogens is 306 g/mol. The molecule has 1 saturated heterocycles. The number of sulfonamides is 1. The molecule has 2 rings (SSSR count). The van der Waals surface area contributed by atoms with E-state index in [1.54, 1.807) is 13.8 Å². The Morgan fingerprint density at radius 2 is 2.18 bits per heavy atom. The summed E-state index contributed by atoms with van der Waals surface area (Å²) < 4.78 is 26.7. The van der Waals surface area contributed by atoms with Crippen LogP contribution in [-0.2, 0) is 14.8 Å². The van der Waals surface area contributed by atoms with Crippen molar-refractivity contribution in [1.82, 2.24) is 9.29 Å². The van der Waals surface area contributed by atoms with Gasteiger partial charge in [0.1, 0.15) is 11.0 Å². The fraction of sp³-hybridized carbons (Fsp3) is 0.500. The Hall–Kier alpha value is -1.98. The first-order valence-corrected chi connectivity index (χ1v) is 8.32. The maximum Gasteiger partial charge on any atom is 0.307 e. The quantitative estimate of drug-likeness (QED) is 0.892. The summed E-state index contributed by atoms with van der Waals surface area (Å²) in [6, 6.07) is 2.91. The van der Waals surface area contributed by atoms with Gasteiger partial charge in [0.15, 0.2) is 0 Å². The third-order valence-electron chi connectivity index (χ3n) is 3.96. The molecule has 0 aromatic carbocycles. The zero-order chi connectivity index (χ0) is 16.5. The van der Waals surface area contributed by atoms with Crippen LogP contribution in [-0.4, -0.2) is 41.4 Å². The number of hydrogen-bond acceptors (Lipinski definition) is 5. The van der Waals surface area contributed by atoms with E-state index in [0.717, 1.165) is 0 Å². The Morgan fingerprint density at radius 3 is 2.77 bits per heavy atom. The van der Waals surface area contributed by atoms with Crippen LogP contribution in [0.15, 0.2) is 17.2 Å². The lowest BCUT2D eigenvalue weighted by Gasteiger charge is -2.35. The second kappa shape index (κ2) is 6.02. The van der Waals surface area contributed by atoms with E-state index in [4.69, 9.17) is 10.4 Å². The number of pyridine rings is 1. The SMILES string of the molecule is Cc1ncc(S(=O)(=O)N2CC(C(=O)O)CCC2C)cc1C#N. The molecule has 1 aromatic heterocycles. The molecular formula is C14H17N3O4S. The van der Waals surface area contributed by atoms with Gasteiger partial charge >= 0.3 is 5.97 Å². The third-order valence-corrected chi connectivity index (χ3v) is 5.91. The largest absolute Gasteiger partial charge is 0.481 e. The monoisotopic (exact) mass is 323 g/mol. The Labute approximate surface area is 129 Å². The van der Waals surface area contributed by atoms with Crippen molar-refractivity contribution >= 4 is 16.0 Å². The summed E-state index contributed by atoms with van der Waals surface area (Å²) in [6.07, 6.45) is 2.15. The molecule has 1 aliphatic heterocycles. The van der Waals surface area contributed by atoms with E-state index >= 15 is 0 Å². The van der Waals surface area contributed by atoms with E-state index in [1.165, 1.54) is 16.6 Å². The van der Waals surface area contributed by atoms with Crippen molar-refractivity contribution in [3.8, 4) is 6.07 Å². The number of aromatic nitrogens is 1. The number of hydrogen-bond donors (Lipinski definition) is 1. The summed E-state index contributed by atoms with van der Waals surface area (Å²) in [5, 5.41) is 18.1. The number of aryl methyl sites for hydroxylation is 1. The molecule has 2 unspecified atom stereocenters. The molecule has 118 valence electrons. The minimum Gasteiger partial charge on any atom is -0.481 e. The summed E-state index contributed by atoms with van der Waals surface area (Å²) in [7, 11) is -3.87. The molecule has 2 atom stereocenters. The van der Waals surface area contributed by atoms with Crippen molar-refractivity contribution in [3.63, 3.8) is 0 Å². The van der Waals surface area contributed by atoms with E-state index in [0.29, 0.717) is 18.5 Å². The van der Waals surface area contributed by atoms with Gasteiger partial charge in [-0.15, -0.1) is 0 Å². The number of nitrogens with zero attached hydrogens (tertiary/aromatic N) is 3. The summed E-state index contributed by atoms with van der Waals surface area (Å²) in [5.41, 5.74) is 0.650. The topological polar surface area (TPSA) is 111 Å². The molecule has 7 nitrogen and oxygen atoms in total. The molecule has 2 heterocycles. The molecule has 1 fully saturated rings. The highest BCUT2D eigenvalue weighted by Crippen LogP contribution is 2.28. The number of rotatable bonds is 3. The second-order valence-corrected chi connectivity index (χ2v) is 7.34. The average Bonchev–Trinajstić information content (AvgIpc) is 2.47. The summed E-state index contributed by atoms with van der Waals surface area (Å²) in [6.45, 7) is 3.32. The fourth-order valence-electron chi connectivity index (χ4n) is 2.52. The van der Waals surface area contributed by atoms with Gasteiger partial charge in [0.2, 0.25) is 10.0 Å². The third kappa shape index (κ3) is 2.96. The van der Waals surface area contributed by atoms with Crippen LogP contribution in [0, 0.1) is 24.2 Å². The fourth-order valence-corrected chi connectivity index (χ4v) is 4.19. The number of piperidine rings is 1. The van der Waals surface area contributed by atoms with Crippen molar-refractivity contribution in [2.24, 2.45) is 5.92 Å². The van der Waals surface area contributed by atoms with Gasteiger partial charge in [-0.25, -0.2) is 8.42 Å². The van der Waals surface area contributed by atoms with E-state index in [9.17, 15) is 13.2 Å². The van der Waals surface area contributed by atoms with Gasteiger partial charge in [-0.05, 0) is 32.8 Å². The average molecular weight is 323 g/mol. The van der Waals surface area contributed by atoms with Crippen LogP contribution < -0.4 is 0 Å². The molecule has 0 spiro atoms. The van der Waals surface area contributed by atoms with E-state index in [2.05, 4.69) is 4.98 Å². The maximum absolute atomic E-state index is 12.7. The van der Waals surface area contributed by atoms with Crippen LogP contribution in [0.25, 0.3) is 0 Å². The van der Waals surface area contributed by atoms with Gasteiger partial charge in [-0.1, -0.05) is 0 Å². The van der Waals surface area contributed by atoms with Crippen LogP contribution in [0.4, 0.5) is 0 Å². The zero-order valence-corrected chi connectivity index (χ0v) is 13.2. The van der Waals surface area contributed by atoms with Crippen molar-refractivity contribution in [3.05, 3.63) is 23.5 Å². The molecule has 1 aliphatic rings. The maximum atomic E-state index is 12.7. The predicted octanol–water partition coefficient (Wildman–Crippen LogP) is 1.14. The van der Waals surface area contributed by atoms with Crippen molar-refractivity contribution in [2.45, 2.75) is 37.6 Å². The normalized spacial score (nSPS) is 23.0. The van der Waals surface area contributed by atoms with Crippen LogP contribution in [0.1, 0.15) is 31.0 Å². The summed E-state index contributed by atoms with van der Waals surface area (Å²) in [4.78, 5) is 15.0. The highest BCUT2D eigenvalue weighted by atomic mass is 32.2. The molecule has 8 heteroatoms. The smallest absolute Gasteiger partial charge is 0.307 e. The standard InChI is InChI=1S/C14H17N3O4S/c1-9-3-4-11(14(18)19)8-17(9)22(20,21)13-5-12(6-15)10(2)16-7-13/h5,7,9,11H,3-4,8H2,1-2H3,(H,18,19). The van der Waals surface area contributed by atoms with Crippen LogP contribution in [0.3, 0.4) is 0 Å². The summed E-state index contributed by atoms with van der Waals surface area (Å²) in [5.74, 6) is -1.70. The van der Waals surface area contributed by atoms with Crippen molar-refractivity contribution in [2.75, 3.05) is 6.54 Å². The number of carbonyl (C=O) groups is 1. The number of carboxylic acid groups (broad SMARTS) is 1. The highest BCUT2D eigenvalue weighted by Gasteiger charge is 2.37. The van der Waals surface area contributed by atoms with Gasteiger partial charge in [-0.2, -0.15) is 9.57 Å². The summed E-state index contributed by atoms with van der Waals surface area (Å²) >= 11 is 0. The Morgan fingerprint density at radius 1 is 1.50 bits per heavy atom. The first-order chi connectivity index (χ1) is 10.3. The zero-order valence-electron chi connectivity index (χ0n) is 12.4. The van der Waals surface area contributed by atoms with Crippen LogP contribution in [0.5, 0.6) is 0 Å². The number of aliphatic carboxylic acids is 1. The van der Waals surface area contributed by atoms with Crippen molar-refractivity contribution in [1.29, 1.82) is 5.26 Å². The predicted molar refractivity (Wildman–Crippen MR) is 77.4 cm³/mol. The molecule has 22 heavy (non-hydrogen) atoms.